The molecular weight excluding hydrogens is 488 g/mol. The number of aliphatic hydroxyl groups excluding tert-OH is 1. The molecule has 2 aromatic heterocycles. The SMILES string of the molecule is Cc1ccc(N2C(=O)C(O)=C(C(=O)c3cc4cc(Cl)ccc4o3)C2c2c(C)[nH]c3ccccc23)cc1C. The maximum Gasteiger partial charge on any atom is 0.294 e. The second kappa shape index (κ2) is 8.39. The number of halogens is 1. The van der Waals surface area contributed by atoms with E-state index < -0.39 is 23.5 Å². The van der Waals surface area contributed by atoms with Crippen LogP contribution in [0.3, 0.4) is 0 Å². The summed E-state index contributed by atoms with van der Waals surface area (Å²) < 4.78 is 5.85. The van der Waals surface area contributed by atoms with Crippen LogP contribution in [-0.2, 0) is 4.79 Å². The summed E-state index contributed by atoms with van der Waals surface area (Å²) in [5, 5.41) is 13.2. The molecule has 1 amide bonds. The average molecular weight is 511 g/mol. The van der Waals surface area contributed by atoms with Crippen LogP contribution < -0.4 is 4.90 Å². The van der Waals surface area contributed by atoms with E-state index in [0.29, 0.717) is 21.7 Å². The monoisotopic (exact) mass is 510 g/mol. The number of rotatable bonds is 4. The Kier molecular flexibility index (Phi) is 5.24. The fraction of sp³-hybridized carbons (Fsp3) is 0.133. The number of para-hydroxylation sites is 1. The molecule has 5 aromatic rings. The highest BCUT2D eigenvalue weighted by atomic mass is 35.5. The van der Waals surface area contributed by atoms with Crippen molar-refractivity contribution in [2.75, 3.05) is 4.90 Å². The maximum absolute atomic E-state index is 14.0. The normalized spacial score (nSPS) is 15.9. The van der Waals surface area contributed by atoms with E-state index in [9.17, 15) is 14.7 Å². The van der Waals surface area contributed by atoms with Crippen molar-refractivity contribution in [1.82, 2.24) is 4.98 Å². The molecule has 2 N–H and O–H groups in total. The first kappa shape index (κ1) is 23.1. The number of hydrogen-bond acceptors (Lipinski definition) is 4. The van der Waals surface area contributed by atoms with E-state index >= 15 is 0 Å². The van der Waals surface area contributed by atoms with Crippen molar-refractivity contribution < 1.29 is 19.1 Å². The summed E-state index contributed by atoms with van der Waals surface area (Å²) in [4.78, 5) is 32.5. The van der Waals surface area contributed by atoms with Gasteiger partial charge in [-0.3, -0.25) is 14.5 Å². The lowest BCUT2D eigenvalue weighted by Gasteiger charge is -2.27. The molecule has 7 heteroatoms. The second-order valence-corrected chi connectivity index (χ2v) is 9.88. The lowest BCUT2D eigenvalue weighted by atomic mass is 9.92. The average Bonchev–Trinajstić information content (AvgIpc) is 3.51. The number of hydrogen-bond donors (Lipinski definition) is 2. The Hall–Kier alpha value is -4.29. The molecule has 0 spiro atoms. The molecule has 0 fully saturated rings. The predicted molar refractivity (Wildman–Crippen MR) is 144 cm³/mol. The Labute approximate surface area is 217 Å². The third-order valence-electron chi connectivity index (χ3n) is 7.14. The number of carbonyl (C=O) groups is 2. The Bertz CT molecular complexity index is 1790. The molecule has 0 bridgehead atoms. The van der Waals surface area contributed by atoms with Crippen LogP contribution in [0.1, 0.15) is 39.0 Å². The lowest BCUT2D eigenvalue weighted by Crippen LogP contribution is -2.31. The zero-order chi connectivity index (χ0) is 26.0. The van der Waals surface area contributed by atoms with Gasteiger partial charge in [-0.1, -0.05) is 35.9 Å². The van der Waals surface area contributed by atoms with Crippen LogP contribution in [0.25, 0.3) is 21.9 Å². The molecule has 184 valence electrons. The van der Waals surface area contributed by atoms with E-state index in [-0.39, 0.29) is 11.3 Å². The number of aromatic amines is 1. The number of ketones is 1. The van der Waals surface area contributed by atoms with Crippen LogP contribution in [-0.4, -0.2) is 21.8 Å². The van der Waals surface area contributed by atoms with Gasteiger partial charge in [0.15, 0.2) is 11.5 Å². The summed E-state index contributed by atoms with van der Waals surface area (Å²) in [7, 11) is 0. The van der Waals surface area contributed by atoms with Gasteiger partial charge in [0.1, 0.15) is 5.58 Å². The molecule has 0 radical (unpaired) electrons. The Morgan fingerprint density at radius 3 is 2.57 bits per heavy atom. The number of benzene rings is 3. The molecule has 1 aliphatic heterocycles. The number of Topliss-reactive ketones (excluding diaryl/α,β-unsaturated/α-hetero) is 1. The lowest BCUT2D eigenvalue weighted by molar-refractivity contribution is -0.117. The van der Waals surface area contributed by atoms with Crippen LogP contribution in [0, 0.1) is 20.8 Å². The van der Waals surface area contributed by atoms with E-state index in [1.54, 1.807) is 24.3 Å². The number of nitrogens with zero attached hydrogens (tertiary/aromatic N) is 1. The van der Waals surface area contributed by atoms with Crippen molar-refractivity contribution >= 4 is 50.9 Å². The quantitative estimate of drug-likeness (QED) is 0.249. The summed E-state index contributed by atoms with van der Waals surface area (Å²) in [5.74, 6) is -1.76. The minimum absolute atomic E-state index is 0.0241. The Morgan fingerprint density at radius 1 is 1.00 bits per heavy atom. The van der Waals surface area contributed by atoms with Crippen molar-refractivity contribution in [3.8, 4) is 0 Å². The molecule has 0 saturated heterocycles. The summed E-state index contributed by atoms with van der Waals surface area (Å²) in [6.45, 7) is 5.86. The topological polar surface area (TPSA) is 86.5 Å². The second-order valence-electron chi connectivity index (χ2n) is 9.44. The fourth-order valence-corrected chi connectivity index (χ4v) is 5.34. The number of aromatic nitrogens is 1. The van der Waals surface area contributed by atoms with Crippen LogP contribution in [0.4, 0.5) is 5.69 Å². The highest BCUT2D eigenvalue weighted by molar-refractivity contribution is 6.31. The van der Waals surface area contributed by atoms with Crippen molar-refractivity contribution in [3.05, 3.63) is 111 Å². The van der Waals surface area contributed by atoms with Gasteiger partial charge in [0.25, 0.3) is 5.91 Å². The highest BCUT2D eigenvalue weighted by Gasteiger charge is 2.47. The fourth-order valence-electron chi connectivity index (χ4n) is 5.16. The molecule has 37 heavy (non-hydrogen) atoms. The van der Waals surface area contributed by atoms with Gasteiger partial charge in [-0.05, 0) is 74.4 Å². The number of aryl methyl sites for hydroxylation is 3. The molecule has 0 aliphatic carbocycles. The molecule has 6 nitrogen and oxygen atoms in total. The molecule has 1 unspecified atom stereocenters. The summed E-state index contributed by atoms with van der Waals surface area (Å²) in [6, 6.07) is 19.2. The van der Waals surface area contributed by atoms with Crippen LogP contribution >= 0.6 is 11.6 Å². The van der Waals surface area contributed by atoms with Gasteiger partial charge in [0.05, 0.1) is 11.6 Å². The molecule has 3 aromatic carbocycles. The third-order valence-corrected chi connectivity index (χ3v) is 7.38. The number of anilines is 1. The largest absolute Gasteiger partial charge is 0.503 e. The van der Waals surface area contributed by atoms with Gasteiger partial charge in [0.2, 0.25) is 5.78 Å². The number of fused-ring (bicyclic) bond motifs is 2. The van der Waals surface area contributed by atoms with Crippen molar-refractivity contribution in [2.24, 2.45) is 0 Å². The summed E-state index contributed by atoms with van der Waals surface area (Å²) in [5.41, 5.74) is 5.53. The number of carbonyl (C=O) groups excluding carboxylic acids is 2. The predicted octanol–water partition coefficient (Wildman–Crippen LogP) is 7.28. The van der Waals surface area contributed by atoms with Gasteiger partial charge < -0.3 is 14.5 Å². The molecular formula is C30H23ClN2O4. The minimum atomic E-state index is -0.866. The molecule has 3 heterocycles. The van der Waals surface area contributed by atoms with Gasteiger partial charge in [0, 0.05) is 38.3 Å². The van der Waals surface area contributed by atoms with Gasteiger partial charge in [-0.15, -0.1) is 0 Å². The number of H-pyrrole nitrogens is 1. The molecule has 6 rings (SSSR count). The van der Waals surface area contributed by atoms with E-state index in [1.165, 1.54) is 4.90 Å². The number of nitrogens with one attached hydrogen (secondary N) is 1. The molecule has 0 saturated carbocycles. The zero-order valence-corrected chi connectivity index (χ0v) is 21.2. The third kappa shape index (κ3) is 3.56. The minimum Gasteiger partial charge on any atom is -0.503 e. The van der Waals surface area contributed by atoms with Crippen LogP contribution in [0.5, 0.6) is 0 Å². The van der Waals surface area contributed by atoms with E-state index in [1.807, 2.05) is 63.2 Å². The first-order valence-corrected chi connectivity index (χ1v) is 12.3. The first-order valence-electron chi connectivity index (χ1n) is 11.9. The van der Waals surface area contributed by atoms with E-state index in [0.717, 1.165) is 33.3 Å². The number of aliphatic hydroxyl groups is 1. The van der Waals surface area contributed by atoms with Crippen LogP contribution in [0.2, 0.25) is 5.02 Å². The van der Waals surface area contributed by atoms with E-state index in [4.69, 9.17) is 16.0 Å². The van der Waals surface area contributed by atoms with Crippen molar-refractivity contribution in [2.45, 2.75) is 26.8 Å². The van der Waals surface area contributed by atoms with Crippen LogP contribution in [0.15, 0.2) is 82.5 Å². The number of furan rings is 1. The summed E-state index contributed by atoms with van der Waals surface area (Å²) >= 11 is 6.12. The first-order chi connectivity index (χ1) is 17.7. The maximum atomic E-state index is 14.0. The summed E-state index contributed by atoms with van der Waals surface area (Å²) in [6.07, 6.45) is 0. The smallest absolute Gasteiger partial charge is 0.294 e. The van der Waals surface area contributed by atoms with E-state index in [2.05, 4.69) is 4.98 Å². The van der Waals surface area contributed by atoms with Crippen molar-refractivity contribution in [1.29, 1.82) is 0 Å². The Balaban J connectivity index is 1.58. The van der Waals surface area contributed by atoms with Gasteiger partial charge >= 0.3 is 0 Å². The Morgan fingerprint density at radius 2 is 1.78 bits per heavy atom. The molecule has 1 atom stereocenters. The highest BCUT2D eigenvalue weighted by Crippen LogP contribution is 2.45. The standard InChI is InChI=1S/C30H23ClN2O4/c1-15-8-10-20(12-16(15)2)33-27(25-17(3)32-22-7-5-4-6-21(22)25)26(29(35)30(33)36)28(34)24-14-18-13-19(31)9-11-23(18)37-24/h4-14,27,32,35H,1-3H3. The van der Waals surface area contributed by atoms with Gasteiger partial charge in [-0.2, -0.15) is 0 Å². The number of amides is 1. The molecule has 1 aliphatic rings. The van der Waals surface area contributed by atoms with Gasteiger partial charge in [-0.25, -0.2) is 0 Å². The zero-order valence-electron chi connectivity index (χ0n) is 20.4. The van der Waals surface area contributed by atoms with Crippen molar-refractivity contribution in [3.63, 3.8) is 0 Å².